The third-order valence-electron chi connectivity index (χ3n) is 5.11. The van der Waals surface area contributed by atoms with Gasteiger partial charge in [0.15, 0.2) is 0 Å². The average Bonchev–Trinajstić information content (AvgIpc) is 3.30. The summed E-state index contributed by atoms with van der Waals surface area (Å²) in [6, 6.07) is 13.2. The summed E-state index contributed by atoms with van der Waals surface area (Å²) in [6.07, 6.45) is 2.27. The van der Waals surface area contributed by atoms with Crippen molar-refractivity contribution in [1.82, 2.24) is 9.29 Å². The van der Waals surface area contributed by atoms with Crippen LogP contribution in [-0.2, 0) is 10.0 Å². The third-order valence-corrected chi connectivity index (χ3v) is 7.31. The van der Waals surface area contributed by atoms with Crippen LogP contribution in [0.15, 0.2) is 47.4 Å². The monoisotopic (exact) mass is 403 g/mol. The summed E-state index contributed by atoms with van der Waals surface area (Å²) in [4.78, 5) is 5.94. The number of hydrogen-bond donors (Lipinski definition) is 1. The van der Waals surface area contributed by atoms with Gasteiger partial charge < -0.3 is 9.88 Å². The first-order valence-corrected chi connectivity index (χ1v) is 10.8. The fourth-order valence-electron chi connectivity index (χ4n) is 3.61. The average molecular weight is 404 g/mol. The maximum absolute atomic E-state index is 12.7. The van der Waals surface area contributed by atoms with Crippen molar-refractivity contribution in [2.24, 2.45) is 0 Å². The molecule has 5 nitrogen and oxygen atoms in total. The SMILES string of the molecule is CN(C)S(=O)(=O)c1ccc(N2CCCC2)c(-c2[nH]c3ccccc3c2Cl)c1. The van der Waals surface area contributed by atoms with Crippen LogP contribution in [0.3, 0.4) is 0 Å². The topological polar surface area (TPSA) is 56.4 Å². The number of sulfonamides is 1. The molecule has 3 aromatic rings. The van der Waals surface area contributed by atoms with E-state index in [9.17, 15) is 8.42 Å². The van der Waals surface area contributed by atoms with E-state index in [1.807, 2.05) is 30.3 Å². The predicted molar refractivity (Wildman–Crippen MR) is 111 cm³/mol. The van der Waals surface area contributed by atoms with Gasteiger partial charge in [-0.05, 0) is 37.1 Å². The lowest BCUT2D eigenvalue weighted by molar-refractivity contribution is 0.521. The van der Waals surface area contributed by atoms with E-state index in [1.54, 1.807) is 26.2 Å². The summed E-state index contributed by atoms with van der Waals surface area (Å²) in [5, 5.41) is 1.55. The molecule has 0 atom stereocenters. The van der Waals surface area contributed by atoms with Crippen molar-refractivity contribution >= 4 is 38.2 Å². The normalized spacial score (nSPS) is 15.2. The molecule has 0 saturated carbocycles. The maximum atomic E-state index is 12.7. The van der Waals surface area contributed by atoms with Gasteiger partial charge in [0.1, 0.15) is 0 Å². The van der Waals surface area contributed by atoms with Gasteiger partial charge in [-0.3, -0.25) is 0 Å². The van der Waals surface area contributed by atoms with Crippen molar-refractivity contribution < 1.29 is 8.42 Å². The van der Waals surface area contributed by atoms with Gasteiger partial charge in [0.2, 0.25) is 10.0 Å². The quantitative estimate of drug-likeness (QED) is 0.705. The lowest BCUT2D eigenvalue weighted by Crippen LogP contribution is -2.23. The highest BCUT2D eigenvalue weighted by molar-refractivity contribution is 7.89. The first-order valence-electron chi connectivity index (χ1n) is 8.97. The molecule has 1 aromatic heterocycles. The molecule has 4 rings (SSSR count). The molecule has 27 heavy (non-hydrogen) atoms. The zero-order chi connectivity index (χ0) is 19.2. The van der Waals surface area contributed by atoms with E-state index in [2.05, 4.69) is 9.88 Å². The molecule has 0 unspecified atom stereocenters. The molecule has 1 aliphatic rings. The van der Waals surface area contributed by atoms with E-state index in [0.717, 1.165) is 53.8 Å². The number of benzene rings is 2. The number of nitrogens with zero attached hydrogens (tertiary/aromatic N) is 2. The summed E-state index contributed by atoms with van der Waals surface area (Å²) < 4.78 is 26.6. The van der Waals surface area contributed by atoms with Gasteiger partial charge in [0, 0.05) is 49.3 Å². The molecule has 2 heterocycles. The summed E-state index contributed by atoms with van der Waals surface area (Å²) in [7, 11) is -0.451. The molecule has 2 aromatic carbocycles. The standard InChI is InChI=1S/C20H22ClN3O2S/c1-23(2)27(25,26)14-9-10-18(24-11-5-6-12-24)16(13-14)20-19(21)15-7-3-4-8-17(15)22-20/h3-4,7-10,13,22H,5-6,11-12H2,1-2H3. The smallest absolute Gasteiger partial charge is 0.242 e. The summed E-state index contributed by atoms with van der Waals surface area (Å²) in [5.41, 5.74) is 3.53. The van der Waals surface area contributed by atoms with Crippen LogP contribution in [0.5, 0.6) is 0 Å². The van der Waals surface area contributed by atoms with Crippen molar-refractivity contribution in [3.63, 3.8) is 0 Å². The highest BCUT2D eigenvalue weighted by Crippen LogP contribution is 2.41. The van der Waals surface area contributed by atoms with E-state index in [1.165, 1.54) is 4.31 Å². The first kappa shape index (κ1) is 18.3. The van der Waals surface area contributed by atoms with Crippen LogP contribution in [0.2, 0.25) is 5.02 Å². The Morgan fingerprint density at radius 3 is 2.44 bits per heavy atom. The number of nitrogens with one attached hydrogen (secondary N) is 1. The van der Waals surface area contributed by atoms with Crippen molar-refractivity contribution in [3.05, 3.63) is 47.5 Å². The molecule has 0 radical (unpaired) electrons. The third kappa shape index (κ3) is 3.12. The molecule has 0 aliphatic carbocycles. The summed E-state index contributed by atoms with van der Waals surface area (Å²) in [6.45, 7) is 1.93. The molecule has 7 heteroatoms. The number of anilines is 1. The van der Waals surface area contributed by atoms with Crippen LogP contribution in [0, 0.1) is 0 Å². The van der Waals surface area contributed by atoms with E-state index in [4.69, 9.17) is 11.6 Å². The first-order chi connectivity index (χ1) is 12.9. The number of rotatable bonds is 4. The van der Waals surface area contributed by atoms with Gasteiger partial charge in [-0.1, -0.05) is 29.8 Å². The van der Waals surface area contributed by atoms with E-state index in [0.29, 0.717) is 5.02 Å². The minimum absolute atomic E-state index is 0.264. The second kappa shape index (κ2) is 6.86. The number of aromatic amines is 1. The minimum Gasteiger partial charge on any atom is -0.371 e. The van der Waals surface area contributed by atoms with Crippen LogP contribution in [-0.4, -0.2) is 44.9 Å². The summed E-state index contributed by atoms with van der Waals surface area (Å²) >= 11 is 6.69. The maximum Gasteiger partial charge on any atom is 0.242 e. The highest BCUT2D eigenvalue weighted by Gasteiger charge is 2.24. The fraction of sp³-hybridized carbons (Fsp3) is 0.300. The second-order valence-corrected chi connectivity index (χ2v) is 9.55. The largest absolute Gasteiger partial charge is 0.371 e. The van der Waals surface area contributed by atoms with Crippen LogP contribution < -0.4 is 4.90 Å². The number of hydrogen-bond acceptors (Lipinski definition) is 3. The Kier molecular flexibility index (Phi) is 4.66. The van der Waals surface area contributed by atoms with Gasteiger partial charge in [-0.2, -0.15) is 0 Å². The van der Waals surface area contributed by atoms with Gasteiger partial charge in [-0.25, -0.2) is 12.7 Å². The van der Waals surface area contributed by atoms with Crippen molar-refractivity contribution in [1.29, 1.82) is 0 Å². The molecule has 1 saturated heterocycles. The van der Waals surface area contributed by atoms with Crippen LogP contribution in [0.1, 0.15) is 12.8 Å². The Hall–Kier alpha value is -2.02. The number of fused-ring (bicyclic) bond motifs is 1. The molecule has 0 spiro atoms. The van der Waals surface area contributed by atoms with E-state index in [-0.39, 0.29) is 4.90 Å². The lowest BCUT2D eigenvalue weighted by Gasteiger charge is -2.22. The molecule has 0 bridgehead atoms. The molecule has 142 valence electrons. The molecule has 0 amide bonds. The van der Waals surface area contributed by atoms with Crippen LogP contribution in [0.25, 0.3) is 22.2 Å². The van der Waals surface area contributed by atoms with Crippen LogP contribution >= 0.6 is 11.6 Å². The molecule has 1 fully saturated rings. The lowest BCUT2D eigenvalue weighted by atomic mass is 10.1. The van der Waals surface area contributed by atoms with Gasteiger partial charge in [0.25, 0.3) is 0 Å². The Morgan fingerprint density at radius 1 is 1.07 bits per heavy atom. The minimum atomic E-state index is -3.53. The molecule has 1 aliphatic heterocycles. The van der Waals surface area contributed by atoms with Crippen molar-refractivity contribution in [2.75, 3.05) is 32.1 Å². The Morgan fingerprint density at radius 2 is 1.78 bits per heavy atom. The zero-order valence-electron chi connectivity index (χ0n) is 15.4. The predicted octanol–water partition coefficient (Wildman–Crippen LogP) is 4.34. The molecular formula is C20H22ClN3O2S. The fourth-order valence-corrected chi connectivity index (χ4v) is 4.86. The molecule has 1 N–H and O–H groups in total. The van der Waals surface area contributed by atoms with E-state index < -0.39 is 10.0 Å². The van der Waals surface area contributed by atoms with Crippen LogP contribution in [0.4, 0.5) is 5.69 Å². The molecular weight excluding hydrogens is 382 g/mol. The number of aromatic nitrogens is 1. The number of halogens is 1. The van der Waals surface area contributed by atoms with Gasteiger partial charge in [0.05, 0.1) is 15.6 Å². The van der Waals surface area contributed by atoms with Gasteiger partial charge in [-0.15, -0.1) is 0 Å². The van der Waals surface area contributed by atoms with Crippen molar-refractivity contribution in [3.8, 4) is 11.3 Å². The Balaban J connectivity index is 1.96. The van der Waals surface area contributed by atoms with Gasteiger partial charge >= 0.3 is 0 Å². The highest BCUT2D eigenvalue weighted by atomic mass is 35.5. The second-order valence-electron chi connectivity index (χ2n) is 7.02. The number of H-pyrrole nitrogens is 1. The Labute approximate surface area is 164 Å². The Bertz CT molecular complexity index is 1100. The van der Waals surface area contributed by atoms with E-state index >= 15 is 0 Å². The zero-order valence-corrected chi connectivity index (χ0v) is 16.9. The summed E-state index contributed by atoms with van der Waals surface area (Å²) in [5.74, 6) is 0. The number of para-hydroxylation sites is 1. The van der Waals surface area contributed by atoms with Crippen molar-refractivity contribution in [2.45, 2.75) is 17.7 Å².